The maximum atomic E-state index is 10.1. The minimum atomic E-state index is -6.18. The van der Waals surface area contributed by atoms with E-state index in [0.717, 1.165) is 22.8 Å². The first-order valence-corrected chi connectivity index (χ1v) is 29.9. The van der Waals surface area contributed by atoms with Crippen molar-refractivity contribution in [3.8, 4) is 50.9 Å². The Balaban J connectivity index is 0.0000118. The zero-order chi connectivity index (χ0) is 82.1. The molecule has 0 aliphatic carbocycles. The van der Waals surface area contributed by atoms with Gasteiger partial charge in [0.05, 0.1) is 44.1 Å². The van der Waals surface area contributed by atoms with Gasteiger partial charge in [0, 0.05) is 58.1 Å². The molecule has 0 amide bonds. The van der Waals surface area contributed by atoms with Gasteiger partial charge in [0.15, 0.2) is 8.07 Å². The van der Waals surface area contributed by atoms with Crippen LogP contribution in [-0.2, 0) is 37.3 Å². The van der Waals surface area contributed by atoms with Gasteiger partial charge in [-0.1, -0.05) is 255 Å². The van der Waals surface area contributed by atoms with E-state index in [1.807, 2.05) is 24.3 Å². The van der Waals surface area contributed by atoms with E-state index >= 15 is 0 Å². The summed E-state index contributed by atoms with van der Waals surface area (Å²) >= 11 is 0. The molecular weight excluding hydrogens is 1260 g/mol. The Hall–Kier alpha value is -8.67. The molecule has 13 aromatic rings. The Morgan fingerprint density at radius 3 is 1.77 bits per heavy atom. The number of rotatable bonds is 11. The number of aryl methyl sites for hydroxylation is 2. The van der Waals surface area contributed by atoms with Gasteiger partial charge in [-0.2, -0.15) is 18.2 Å². The number of ether oxygens (including phenoxy) is 1. The third-order valence-corrected chi connectivity index (χ3v) is 19.7. The topological polar surface area (TPSA) is 35.9 Å². The van der Waals surface area contributed by atoms with Gasteiger partial charge >= 0.3 is 0 Å². The standard InChI is InChI=1S/C80H72N4OSi.Pt/c1-54-43-70(80(9,10)11)77(75(44-54)86(64-31-18-13-19-32-64,65-33-20-14-21-34-65)66-35-22-15-23-36-66)83-53-82(74-48-57(39-42-72(74)83)58-46-59(78(3,4)5)49-60(47-58)79(6,7)8)61-29-26-30-62(50-61)85-63-40-41-68-67-37-24-25-38-71(67)84(73(68)51-63)76-45-55(2)69(52-81-76)56-27-16-12-17-28-56;/h12-49,52H,1-11H3;/q-2;/i1D3,2D3,12D,13D,14D,15D,16D,17D,18D,19D,20D,21D,22D,23D,27D,28D,31D,32D,33D,34D,35D,36D;. The summed E-state index contributed by atoms with van der Waals surface area (Å²) in [4.78, 5) is 4.71. The van der Waals surface area contributed by atoms with Crippen LogP contribution in [-0.4, -0.2) is 22.2 Å². The normalized spacial score (nSPS) is 16.7. The van der Waals surface area contributed by atoms with E-state index in [2.05, 4.69) is 78.2 Å². The van der Waals surface area contributed by atoms with Crippen molar-refractivity contribution >= 4 is 61.7 Å². The van der Waals surface area contributed by atoms with Crippen molar-refractivity contribution in [1.82, 2.24) is 14.1 Å². The van der Waals surface area contributed by atoms with Crippen molar-refractivity contribution in [3.05, 3.63) is 283 Å². The minimum absolute atomic E-state index is 0. The number of imidazole rings is 1. The molecule has 434 valence electrons. The van der Waals surface area contributed by atoms with Crippen LogP contribution in [0, 0.1) is 32.2 Å². The number of nitrogens with zero attached hydrogens (tertiary/aromatic N) is 4. The fourth-order valence-corrected chi connectivity index (χ4v) is 15.2. The average molecular weight is 1350 g/mol. The Morgan fingerprint density at radius 1 is 0.540 bits per heavy atom. The van der Waals surface area contributed by atoms with Gasteiger partial charge in [-0.15, -0.1) is 29.7 Å². The molecule has 0 saturated heterocycles. The van der Waals surface area contributed by atoms with Crippen LogP contribution < -0.4 is 30.1 Å². The predicted molar refractivity (Wildman–Crippen MR) is 360 cm³/mol. The van der Waals surface area contributed by atoms with E-state index in [-0.39, 0.29) is 88.4 Å². The number of pyridine rings is 1. The van der Waals surface area contributed by atoms with E-state index in [1.165, 1.54) is 22.9 Å². The van der Waals surface area contributed by atoms with Crippen LogP contribution in [0.5, 0.6) is 11.5 Å². The number of para-hydroxylation sites is 1. The zero-order valence-corrected chi connectivity index (χ0v) is 52.3. The van der Waals surface area contributed by atoms with Crippen LogP contribution in [0.2, 0.25) is 0 Å². The first kappa shape index (κ1) is 35.2. The average Bonchev–Trinajstić information content (AvgIpc) is 1.65. The Bertz CT molecular complexity index is 5870. The van der Waals surface area contributed by atoms with Gasteiger partial charge in [0.2, 0.25) is 0 Å². The van der Waals surface area contributed by atoms with Crippen LogP contribution >= 0.6 is 0 Å². The minimum Gasteiger partial charge on any atom is -0.510 e. The summed E-state index contributed by atoms with van der Waals surface area (Å²) in [6.45, 7) is 11.7. The third-order valence-electron chi connectivity index (χ3n) is 15.5. The molecule has 3 aromatic heterocycles. The van der Waals surface area contributed by atoms with E-state index in [1.54, 1.807) is 78.4 Å². The van der Waals surface area contributed by atoms with Crippen molar-refractivity contribution in [1.29, 1.82) is 0 Å². The molecule has 10 aromatic carbocycles. The molecular formula is C80H72N4OPtSi-2. The number of hydrogen-bond acceptors (Lipinski definition) is 2. The molecule has 0 aliphatic rings. The van der Waals surface area contributed by atoms with Crippen LogP contribution in [0.1, 0.15) is 126 Å². The van der Waals surface area contributed by atoms with Crippen molar-refractivity contribution in [2.75, 3.05) is 0 Å². The number of hydrogen-bond donors (Lipinski definition) is 0. The first-order chi connectivity index (χ1) is 52.0. The van der Waals surface area contributed by atoms with Gasteiger partial charge in [-0.05, 0) is 119 Å². The van der Waals surface area contributed by atoms with E-state index < -0.39 is 174 Å². The van der Waals surface area contributed by atoms with Gasteiger partial charge in [0.25, 0.3) is 6.33 Å². The molecule has 0 saturated carbocycles. The number of fused-ring (bicyclic) bond motifs is 4. The SMILES string of the molecule is [2H]c1c([2H])c([2H])c(-c2cnc(-n3c4[c-]c(Oc5[c-]c(-n6[c-][n+](-c7c(C(C)(C)C)cc(C([2H])([2H])[2H])cc7[Si](c7c([2H])c([2H])c([2H])c([2H])c7[2H])(c7c([2H])c([2H])c([2H])c([2H])c7[2H])c7c([2H])c([2H])c([2H])c([2H])c7[2H])c7ccc(-c8cc(C(C)(C)C)cc(C(C)(C)C)c8)cc76)ccc5)ccc4c4ccccc43)cc2C([2H])([2H])[2H])c([2H])c1[2H].[Pt]. The van der Waals surface area contributed by atoms with Gasteiger partial charge < -0.3 is 13.9 Å². The summed E-state index contributed by atoms with van der Waals surface area (Å²) in [6.07, 6.45) is 4.69. The smallest absolute Gasteiger partial charge is 0.268 e. The monoisotopic (exact) mass is 1350 g/mol. The summed E-state index contributed by atoms with van der Waals surface area (Å²) < 4.78 is 252. The molecule has 0 spiro atoms. The van der Waals surface area contributed by atoms with Crippen molar-refractivity contribution in [2.45, 2.75) is 92.3 Å². The van der Waals surface area contributed by atoms with Crippen LogP contribution in [0.3, 0.4) is 0 Å². The molecule has 13 rings (SSSR count). The summed E-state index contributed by atoms with van der Waals surface area (Å²) in [5.74, 6) is 0.241. The Kier molecular flexibility index (Phi) is 9.26. The first-order valence-electron chi connectivity index (χ1n) is 40.9. The van der Waals surface area contributed by atoms with E-state index in [9.17, 15) is 20.6 Å². The van der Waals surface area contributed by atoms with Gasteiger partial charge in [0.1, 0.15) is 5.82 Å². The molecule has 0 N–H and O–H groups in total. The maximum Gasteiger partial charge on any atom is 0.268 e. The number of benzene rings is 10. The van der Waals surface area contributed by atoms with E-state index in [0.29, 0.717) is 32.9 Å². The largest absolute Gasteiger partial charge is 0.510 e. The summed E-state index contributed by atoms with van der Waals surface area (Å²) in [7, 11) is -6.18. The zero-order valence-electron chi connectivity index (χ0n) is 75.0. The second kappa shape index (κ2) is 22.9. The number of aromatic nitrogens is 4. The van der Waals surface area contributed by atoms with Crippen LogP contribution in [0.4, 0.5) is 0 Å². The third kappa shape index (κ3) is 10.8. The molecule has 5 nitrogen and oxygen atoms in total. The molecule has 0 atom stereocenters. The fraction of sp³-hybridized carbons (Fsp3) is 0.175. The predicted octanol–water partition coefficient (Wildman–Crippen LogP) is 16.8. The molecule has 0 fully saturated rings. The van der Waals surface area contributed by atoms with Gasteiger partial charge in [-0.25, -0.2) is 4.98 Å². The Labute approximate surface area is 565 Å². The second-order valence-corrected chi connectivity index (χ2v) is 27.8. The quantitative estimate of drug-likeness (QED) is 0.0560. The molecule has 0 radical (unpaired) electrons. The molecule has 0 bridgehead atoms. The molecule has 87 heavy (non-hydrogen) atoms. The van der Waals surface area contributed by atoms with Crippen molar-refractivity contribution < 1.29 is 66.0 Å². The van der Waals surface area contributed by atoms with Crippen LogP contribution in [0.15, 0.2) is 236 Å². The molecule has 3 heterocycles. The molecule has 0 aliphatic heterocycles. The van der Waals surface area contributed by atoms with Crippen molar-refractivity contribution in [3.63, 3.8) is 0 Å². The maximum absolute atomic E-state index is 10.1. The van der Waals surface area contributed by atoms with Crippen LogP contribution in [0.25, 0.3) is 72.3 Å². The fourth-order valence-electron chi connectivity index (χ4n) is 11.2. The van der Waals surface area contributed by atoms with Gasteiger partial charge in [-0.3, -0.25) is 4.57 Å². The van der Waals surface area contributed by atoms with Crippen molar-refractivity contribution in [2.24, 2.45) is 0 Å². The molecule has 0 unspecified atom stereocenters. The molecule has 7 heteroatoms. The Morgan fingerprint density at radius 2 is 1.16 bits per heavy atom. The summed E-state index contributed by atoms with van der Waals surface area (Å²) in [5, 5.41) is -1.64. The summed E-state index contributed by atoms with van der Waals surface area (Å²) in [5.41, 5.74) is 1.67. The van der Waals surface area contributed by atoms with E-state index in [4.69, 9.17) is 24.8 Å². The summed E-state index contributed by atoms with van der Waals surface area (Å²) in [6, 6.07) is 19.4. The second-order valence-electron chi connectivity index (χ2n) is 24.2.